The fraction of sp³-hybridized carbons (Fsp3) is 0.600. The zero-order valence-corrected chi connectivity index (χ0v) is 53.5. The molecule has 11 N–H and O–H groups in total. The summed E-state index contributed by atoms with van der Waals surface area (Å²) >= 11 is 0. The van der Waals surface area contributed by atoms with E-state index in [1.165, 1.54) is 41.5 Å². The summed E-state index contributed by atoms with van der Waals surface area (Å²) in [6, 6.07) is 28.4. The predicted molar refractivity (Wildman–Crippen MR) is 352 cm³/mol. The van der Waals surface area contributed by atoms with Crippen LogP contribution in [-0.4, -0.2) is 115 Å². The quantitative estimate of drug-likeness (QED) is 0.0407. The van der Waals surface area contributed by atoms with Gasteiger partial charge in [0.15, 0.2) is 11.5 Å². The van der Waals surface area contributed by atoms with Gasteiger partial charge in [0.25, 0.3) is 0 Å². The molecular weight excluding hydrogens is 1150 g/mol. The molecule has 0 radical (unpaired) electrons. The highest BCUT2D eigenvalue weighted by Crippen LogP contribution is 2.77. The Morgan fingerprint density at radius 2 is 1.66 bits per heavy atom. The molecule has 5 fully saturated rings. The second kappa shape index (κ2) is 25.7. The highest BCUT2D eigenvalue weighted by molar-refractivity contribution is 8.76. The molecule has 14 rings (SSSR count). The number of nitrogens with one attached hydrogen (secondary N) is 2. The van der Waals surface area contributed by atoms with E-state index in [4.69, 9.17) is 15.2 Å². The molecule has 12 nitrogen and oxygen atoms in total. The molecular formula is C75H95N3O9S2. The van der Waals surface area contributed by atoms with Crippen molar-refractivity contribution in [2.45, 2.75) is 171 Å². The Morgan fingerprint density at radius 1 is 0.820 bits per heavy atom. The first-order valence-electron chi connectivity index (χ1n) is 34.1. The Kier molecular flexibility index (Phi) is 17.8. The van der Waals surface area contributed by atoms with Crippen LogP contribution in [0.1, 0.15) is 142 Å². The number of H-pyrrole nitrogens is 1. The molecule has 3 aromatic carbocycles. The summed E-state index contributed by atoms with van der Waals surface area (Å²) in [5, 5.41) is 88.9. The fourth-order valence-electron chi connectivity index (χ4n) is 21.3. The van der Waals surface area contributed by atoms with Crippen LogP contribution < -0.4 is 15.8 Å². The van der Waals surface area contributed by atoms with E-state index in [-0.39, 0.29) is 77.7 Å². The number of ether oxygens (including phenoxy) is 2. The molecule has 4 aromatic rings. The number of phenolic OH excluding ortho intramolecular Hbond substituents is 1. The molecule has 0 unspecified atom stereocenters. The van der Waals surface area contributed by atoms with E-state index in [1.807, 2.05) is 24.4 Å². The van der Waals surface area contributed by atoms with Crippen molar-refractivity contribution in [3.63, 3.8) is 0 Å². The van der Waals surface area contributed by atoms with Crippen molar-refractivity contribution in [1.29, 1.82) is 0 Å². The first-order valence-corrected chi connectivity index (χ1v) is 36.6. The van der Waals surface area contributed by atoms with E-state index in [9.17, 15) is 35.7 Å². The number of rotatable bonds is 10. The third-order valence-electron chi connectivity index (χ3n) is 24.8. The molecule has 89 heavy (non-hydrogen) atoms. The average Bonchev–Trinajstić information content (AvgIpc) is 1.55. The van der Waals surface area contributed by atoms with Crippen LogP contribution >= 0.6 is 21.6 Å². The van der Waals surface area contributed by atoms with Crippen LogP contribution in [0.4, 0.5) is 0 Å². The van der Waals surface area contributed by atoms with Crippen LogP contribution in [0.15, 0.2) is 120 Å². The Hall–Kier alpha value is -4.66. The molecule has 8 aliphatic carbocycles. The van der Waals surface area contributed by atoms with Gasteiger partial charge < -0.3 is 61.3 Å². The molecule has 2 bridgehead atoms. The number of phenols is 1. The summed E-state index contributed by atoms with van der Waals surface area (Å²) in [7, 11) is 3.27. The Labute approximate surface area is 534 Å². The van der Waals surface area contributed by atoms with Crippen LogP contribution in [0.2, 0.25) is 0 Å². The van der Waals surface area contributed by atoms with Gasteiger partial charge in [-0.05, 0) is 213 Å². The Morgan fingerprint density at radius 3 is 2.47 bits per heavy atom. The zero-order valence-electron chi connectivity index (χ0n) is 51.9. The topological polar surface area (TPSA) is 214 Å². The minimum atomic E-state index is -1.08. The predicted octanol–water partition coefficient (Wildman–Crippen LogP) is 10.8. The summed E-state index contributed by atoms with van der Waals surface area (Å²) in [6.45, 7) is 2.47. The normalized spacial score (nSPS) is 39.2. The second-order valence-corrected chi connectivity index (χ2v) is 31.5. The number of hydrogen-bond acceptors (Lipinski definition) is 13. The molecule has 0 amide bonds. The summed E-state index contributed by atoms with van der Waals surface area (Å²) < 4.78 is 13.8. The summed E-state index contributed by atoms with van der Waals surface area (Å²) in [4.78, 5) is 3.40. The third kappa shape index (κ3) is 11.2. The minimum absolute atomic E-state index is 0.0173. The van der Waals surface area contributed by atoms with Crippen molar-refractivity contribution < 1.29 is 45.2 Å². The van der Waals surface area contributed by atoms with Crippen LogP contribution in [0.5, 0.6) is 11.5 Å². The number of allylic oxidation sites excluding steroid dienone is 3. The van der Waals surface area contributed by atoms with Gasteiger partial charge in [-0.15, -0.1) is 0 Å². The smallest absolute Gasteiger partial charge is 0.161 e. The maximum atomic E-state index is 13.3. The maximum Gasteiger partial charge on any atom is 0.161 e. The monoisotopic (exact) mass is 1250 g/mol. The van der Waals surface area contributed by atoms with Gasteiger partial charge in [-0.1, -0.05) is 119 Å². The number of aromatic nitrogens is 1. The third-order valence-corrected chi connectivity index (χ3v) is 27.2. The van der Waals surface area contributed by atoms with Crippen molar-refractivity contribution in [2.75, 3.05) is 37.9 Å². The number of nitrogens with two attached hydrogens (primary N) is 1. The summed E-state index contributed by atoms with van der Waals surface area (Å²) in [6.07, 6.45) is 16.5. The van der Waals surface area contributed by atoms with Gasteiger partial charge >= 0.3 is 0 Å². The van der Waals surface area contributed by atoms with Crippen LogP contribution in [-0.2, 0) is 30.4 Å². The molecule has 20 atom stereocenters. The van der Waals surface area contributed by atoms with Gasteiger partial charge in [-0.3, -0.25) is 0 Å². The highest BCUT2D eigenvalue weighted by atomic mass is 33.1. The van der Waals surface area contributed by atoms with Gasteiger partial charge in [0, 0.05) is 77.1 Å². The summed E-state index contributed by atoms with van der Waals surface area (Å²) in [5.74, 6) is 9.79. The lowest BCUT2D eigenvalue weighted by Gasteiger charge is -2.72. The molecule has 3 heterocycles. The second-order valence-electron chi connectivity index (χ2n) is 29.0. The molecule has 3 spiro atoms. The van der Waals surface area contributed by atoms with E-state index >= 15 is 0 Å². The molecule has 1 saturated heterocycles. The van der Waals surface area contributed by atoms with Crippen molar-refractivity contribution in [3.8, 4) is 23.3 Å². The SMILES string of the molecule is CC[C@@H]1Cc2cc(O)c(O[C@@H]3C[C@H](Cc4ccc[nH]4)C4=CCNC(N)=C4CSSC[C@H](CO)[C@H]3O)cc2[C@H]2C[C@@H](O)[C@H]3[C@@H](OCCO)CC[C@H](O)C[C@@]4(C#C[C@H]3C=C12)C[C@@H](c1ccccc1)[C@H]1Cc2ccccc2C[C@]23CCC[C@H]2CC[C@]12[C@H]4[C@@H](O)CC[C@@H]32. The summed E-state index contributed by atoms with van der Waals surface area (Å²) in [5.41, 5.74) is 16.5. The number of fused-ring (bicyclic) bond motifs is 7. The first kappa shape index (κ1) is 61.8. The van der Waals surface area contributed by atoms with E-state index < -0.39 is 59.8 Å². The number of aromatic amines is 1. The number of benzene rings is 3. The fourth-order valence-corrected chi connectivity index (χ4v) is 23.8. The van der Waals surface area contributed by atoms with E-state index in [1.54, 1.807) is 21.6 Å². The van der Waals surface area contributed by atoms with Crippen LogP contribution in [0.3, 0.4) is 0 Å². The number of dihydropyridines is 1. The first-order chi connectivity index (χ1) is 43.3. The van der Waals surface area contributed by atoms with E-state index in [0.29, 0.717) is 80.7 Å². The Bertz CT molecular complexity index is 3340. The van der Waals surface area contributed by atoms with Crippen LogP contribution in [0.25, 0.3) is 0 Å². The molecule has 10 aliphatic rings. The van der Waals surface area contributed by atoms with Crippen molar-refractivity contribution in [2.24, 2.45) is 75.2 Å². The number of aromatic hydroxyl groups is 1. The van der Waals surface area contributed by atoms with Crippen molar-refractivity contribution in [1.82, 2.24) is 10.3 Å². The van der Waals surface area contributed by atoms with Crippen molar-refractivity contribution in [3.05, 3.63) is 153 Å². The molecule has 2 aliphatic heterocycles. The Balaban J connectivity index is 0.889. The van der Waals surface area contributed by atoms with Gasteiger partial charge in [0.2, 0.25) is 0 Å². The largest absolute Gasteiger partial charge is 0.504 e. The highest BCUT2D eigenvalue weighted by Gasteiger charge is 2.72. The lowest BCUT2D eigenvalue weighted by Crippen LogP contribution is -2.68. The van der Waals surface area contributed by atoms with Crippen molar-refractivity contribution >= 4 is 21.6 Å². The minimum Gasteiger partial charge on any atom is -0.504 e. The van der Waals surface area contributed by atoms with E-state index in [2.05, 4.69) is 102 Å². The van der Waals surface area contributed by atoms with Gasteiger partial charge in [-0.25, -0.2) is 0 Å². The zero-order chi connectivity index (χ0) is 61.2. The number of aliphatic hydroxyl groups is 6. The molecule has 4 saturated carbocycles. The van der Waals surface area contributed by atoms with E-state index in [0.717, 1.165) is 79.3 Å². The number of hydrogen-bond donors (Lipinski definition) is 10. The standard InChI is InChI=1S/C75H95N3O9S2/c1-2-44-30-49-34-63(83)66(87-67-35-50(31-53-15-9-26-77-53)55-22-27-78-72(76)60(55)43-89-88-42-51(41-80)70(67)85)37-57(49)58-36-64(84)69-47(32-56(44)58)20-24-73(39-54(81)16-18-65(69)86-29-28-79)40-59(45-10-4-3-5-11-45)61-33-46-12-6-7-13-48(46)38-74-23-8-14-52(74)21-25-75(61)68(74)19-17-62(82)71(73)75/h3-7,9-13,15,22,26,32,34,37,44,47,50-52,54,58-59,61-62,64-65,67-71,77-85H,2,8,14,16-19,21,23,25,27-31,33,35-36,38-43,76H2,1H3/t44-,47+,50+,51+,52+,54+,58+,59+,61-,62+,64-,65+,67-,68+,69+,70-,71+,73+,74-,75+/m1/s1. The average molecular weight is 1250 g/mol. The van der Waals surface area contributed by atoms with Gasteiger partial charge in [0.05, 0.1) is 43.7 Å². The lowest BCUT2D eigenvalue weighted by atomic mass is 9.32. The number of aliphatic hydroxyl groups excluding tert-OH is 6. The van der Waals surface area contributed by atoms with Gasteiger partial charge in [-0.2, -0.15) is 0 Å². The lowest BCUT2D eigenvalue weighted by molar-refractivity contribution is -0.239. The molecule has 14 heteroatoms. The molecule has 1 aromatic heterocycles. The molecule has 476 valence electrons. The maximum absolute atomic E-state index is 13.3. The van der Waals surface area contributed by atoms with Gasteiger partial charge in [0.1, 0.15) is 11.9 Å². The van der Waals surface area contributed by atoms with Crippen LogP contribution in [0, 0.1) is 81.3 Å².